The molecule has 0 radical (unpaired) electrons. The Kier molecular flexibility index (Phi) is 1.68. The van der Waals surface area contributed by atoms with Crippen LogP contribution in [0, 0.1) is 6.04 Å². The van der Waals surface area contributed by atoms with E-state index >= 15 is 0 Å². The van der Waals surface area contributed by atoms with Gasteiger partial charge >= 0.3 is 0 Å². The fourth-order valence-electron chi connectivity index (χ4n) is 2.09. The van der Waals surface area contributed by atoms with Crippen LogP contribution in [0.15, 0.2) is 59.3 Å². The van der Waals surface area contributed by atoms with Crippen molar-refractivity contribution in [2.24, 2.45) is 0 Å². The Balaban J connectivity index is 2.18. The molecule has 0 saturated heterocycles. The van der Waals surface area contributed by atoms with Crippen molar-refractivity contribution in [1.82, 2.24) is 0 Å². The third-order valence-electron chi connectivity index (χ3n) is 2.82. The molecule has 2 aliphatic carbocycles. The van der Waals surface area contributed by atoms with Crippen molar-refractivity contribution in [2.45, 2.75) is 6.42 Å². The van der Waals surface area contributed by atoms with Gasteiger partial charge in [0.05, 0.1) is 0 Å². The molecule has 0 fully saturated rings. The van der Waals surface area contributed by atoms with E-state index in [0.29, 0.717) is 0 Å². The Morgan fingerprint density at radius 3 is 3.13 bits per heavy atom. The molecule has 2 heteroatoms. The largest absolute Gasteiger partial charge is 0.299 e. The summed E-state index contributed by atoms with van der Waals surface area (Å²) < 4.78 is 1.20. The second kappa shape index (κ2) is 3.02. The third kappa shape index (κ3) is 1.18. The van der Waals surface area contributed by atoms with Gasteiger partial charge in [0, 0.05) is 0 Å². The minimum atomic E-state index is 0.861. The molecular weight excluding hydrogens is 186 g/mol. The quantitative estimate of drug-likeness (QED) is 0.359. The summed E-state index contributed by atoms with van der Waals surface area (Å²) in [5, 5.41) is 9.80. The Morgan fingerprint density at radius 2 is 2.20 bits per heavy atom. The molecule has 74 valence electrons. The molecule has 0 spiro atoms. The first-order chi connectivity index (χ1) is 7.36. The highest BCUT2D eigenvalue weighted by Crippen LogP contribution is 2.34. The lowest BCUT2D eigenvalue weighted by molar-refractivity contribution is -0.752. The monoisotopic (exact) mass is 197 g/mol. The van der Waals surface area contributed by atoms with Gasteiger partial charge in [-0.3, -0.25) is 5.21 Å². The van der Waals surface area contributed by atoms with Gasteiger partial charge in [0.2, 0.25) is 0 Å². The predicted octanol–water partition coefficient (Wildman–Crippen LogP) is 2.31. The van der Waals surface area contributed by atoms with Crippen LogP contribution in [-0.4, -0.2) is 16.2 Å². The number of hydrogen-bond acceptors (Lipinski definition) is 1. The highest BCUT2D eigenvalue weighted by Gasteiger charge is 2.26. The highest BCUT2D eigenvalue weighted by molar-refractivity contribution is 5.86. The van der Waals surface area contributed by atoms with E-state index in [1.807, 2.05) is 36.5 Å². The Hall–Kier alpha value is -1.96. The maximum Gasteiger partial charge on any atom is 0.186 e. The van der Waals surface area contributed by atoms with E-state index in [1.165, 1.54) is 10.3 Å². The zero-order valence-electron chi connectivity index (χ0n) is 8.22. The number of rotatable bonds is 0. The molecule has 0 bridgehead atoms. The lowest BCUT2D eigenvalue weighted by Gasteiger charge is -2.26. The van der Waals surface area contributed by atoms with Crippen molar-refractivity contribution in [3.8, 4) is 0 Å². The van der Waals surface area contributed by atoms with Gasteiger partial charge in [-0.15, -0.1) is 18.2 Å². The average molecular weight is 197 g/mol. The molecule has 0 aromatic heterocycles. The van der Waals surface area contributed by atoms with Gasteiger partial charge in [0.25, 0.3) is 0 Å². The van der Waals surface area contributed by atoms with Crippen molar-refractivity contribution < 1.29 is 9.95 Å². The maximum atomic E-state index is 9.80. The molecule has 3 rings (SSSR count). The normalized spacial score (nSPS) is 22.3. The summed E-state index contributed by atoms with van der Waals surface area (Å²) in [4.78, 5) is 0. The van der Waals surface area contributed by atoms with E-state index in [4.69, 9.17) is 0 Å². The maximum absolute atomic E-state index is 9.80. The number of nitrogens with zero attached hydrogens (tertiary/aromatic N) is 1. The fourth-order valence-corrected chi connectivity index (χ4v) is 2.09. The van der Waals surface area contributed by atoms with Crippen LogP contribution in [0.25, 0.3) is 0 Å². The van der Waals surface area contributed by atoms with E-state index in [1.54, 1.807) is 6.21 Å². The van der Waals surface area contributed by atoms with Gasteiger partial charge < -0.3 is 0 Å². The van der Waals surface area contributed by atoms with Crippen LogP contribution in [0.2, 0.25) is 0 Å². The lowest BCUT2D eigenvalue weighted by atomic mass is 9.86. The van der Waals surface area contributed by atoms with Crippen molar-refractivity contribution >= 4 is 6.21 Å². The number of hydroxylamine groups is 1. The summed E-state index contributed by atoms with van der Waals surface area (Å²) in [5.74, 6) is 0. The molecule has 0 aromatic carbocycles. The summed E-state index contributed by atoms with van der Waals surface area (Å²) in [6.07, 6.45) is 16.8. The molecule has 0 saturated carbocycles. The van der Waals surface area contributed by atoms with Gasteiger partial charge in [0.15, 0.2) is 12.3 Å². The van der Waals surface area contributed by atoms with Crippen LogP contribution in [-0.2, 0) is 0 Å². The Bertz CT molecular complexity index is 487. The van der Waals surface area contributed by atoms with Crippen molar-refractivity contribution in [2.75, 3.05) is 0 Å². The molecule has 1 heterocycles. The van der Waals surface area contributed by atoms with Crippen LogP contribution in [0.5, 0.6) is 0 Å². The van der Waals surface area contributed by atoms with Crippen LogP contribution in [0.4, 0.5) is 0 Å². The first-order valence-corrected chi connectivity index (χ1v) is 5.01. The molecule has 0 unspecified atom stereocenters. The Labute approximate surface area is 88.5 Å². The van der Waals surface area contributed by atoms with Crippen LogP contribution in [0.1, 0.15) is 6.42 Å². The van der Waals surface area contributed by atoms with E-state index in [-0.39, 0.29) is 0 Å². The summed E-state index contributed by atoms with van der Waals surface area (Å²) >= 11 is 0. The Morgan fingerprint density at radius 1 is 1.27 bits per heavy atom. The molecule has 15 heavy (non-hydrogen) atoms. The second-order valence-corrected chi connectivity index (χ2v) is 3.72. The molecule has 0 amide bonds. The number of hydrogen-bond donors (Lipinski definition) is 1. The molecule has 1 N–H and O–H groups in total. The van der Waals surface area contributed by atoms with Crippen LogP contribution < -0.4 is 0 Å². The first kappa shape index (κ1) is 8.36. The minimum Gasteiger partial charge on any atom is -0.299 e. The summed E-state index contributed by atoms with van der Waals surface area (Å²) in [6, 6.07) is 0.861. The van der Waals surface area contributed by atoms with Crippen LogP contribution >= 0.6 is 0 Å². The summed E-state index contributed by atoms with van der Waals surface area (Å²) in [7, 11) is 0. The number of fused-ring (bicyclic) bond motifs is 2. The number of allylic oxidation sites excluding steroid dienone is 7. The van der Waals surface area contributed by atoms with Crippen molar-refractivity contribution in [3.63, 3.8) is 0 Å². The average Bonchev–Trinajstić information content (AvgIpc) is 2.30. The summed E-state index contributed by atoms with van der Waals surface area (Å²) in [6.45, 7) is 0. The van der Waals surface area contributed by atoms with Gasteiger partial charge in [-0.05, 0) is 17.6 Å². The van der Waals surface area contributed by atoms with Gasteiger partial charge in [-0.2, -0.15) is 0 Å². The lowest BCUT2D eigenvalue weighted by Crippen LogP contribution is -2.24. The van der Waals surface area contributed by atoms with Gasteiger partial charge in [-0.25, -0.2) is 0 Å². The van der Waals surface area contributed by atoms with Crippen LogP contribution in [0.3, 0.4) is 0 Å². The third-order valence-corrected chi connectivity index (χ3v) is 2.82. The topological polar surface area (TPSA) is 23.2 Å². The minimum absolute atomic E-state index is 0.861. The highest BCUT2D eigenvalue weighted by atomic mass is 16.5. The molecule has 0 aromatic rings. The standard InChI is InChI=1S/C13H11NO/c15-14-9-10-5-1-2-6-11(10)12-7-3-4-8-13(12)14/h1-5,7-9,15H,6H2. The zero-order valence-corrected chi connectivity index (χ0v) is 8.22. The predicted molar refractivity (Wildman–Crippen MR) is 58.5 cm³/mol. The fraction of sp³-hybridized carbons (Fsp3) is 0.0769. The molecular formula is C13H11NO. The van der Waals surface area contributed by atoms with Gasteiger partial charge in [0.1, 0.15) is 0 Å². The van der Waals surface area contributed by atoms with Gasteiger partial charge in [-0.1, -0.05) is 34.6 Å². The van der Waals surface area contributed by atoms with E-state index < -0.39 is 0 Å². The smallest absolute Gasteiger partial charge is 0.186 e. The zero-order chi connectivity index (χ0) is 10.3. The molecule has 1 aliphatic heterocycles. The SMILES string of the molecule is O[N+]1=CC2=CC=CCC2=C2C=CC=C[C-]21. The van der Waals surface area contributed by atoms with Crippen molar-refractivity contribution in [1.29, 1.82) is 0 Å². The molecule has 0 atom stereocenters. The first-order valence-electron chi connectivity index (χ1n) is 5.01. The van der Waals surface area contributed by atoms with E-state index in [0.717, 1.165) is 23.6 Å². The van der Waals surface area contributed by atoms with E-state index in [2.05, 4.69) is 6.08 Å². The molecule has 2 nitrogen and oxygen atoms in total. The van der Waals surface area contributed by atoms with Crippen molar-refractivity contribution in [3.05, 3.63) is 65.3 Å². The molecule has 3 aliphatic rings. The second-order valence-electron chi connectivity index (χ2n) is 3.72. The summed E-state index contributed by atoms with van der Waals surface area (Å²) in [5.41, 5.74) is 3.51. The van der Waals surface area contributed by atoms with E-state index in [9.17, 15) is 5.21 Å².